The standard InChI is InChI=1S/C21H21N3O2/c1-15(25)24(2)18-12-10-17(11-13-18)23-21(26)14-22-20-9-5-7-16-6-3-4-8-19(16)20/h3-13,22H,14H2,1-2H3,(H,23,26). The molecule has 0 unspecified atom stereocenters. The Morgan fingerprint density at radius 1 is 0.923 bits per heavy atom. The third-order valence-electron chi connectivity index (χ3n) is 4.24. The normalized spacial score (nSPS) is 10.4. The van der Waals surface area contributed by atoms with Crippen LogP contribution >= 0.6 is 0 Å². The van der Waals surface area contributed by atoms with Crippen LogP contribution in [0.15, 0.2) is 66.7 Å². The van der Waals surface area contributed by atoms with E-state index in [9.17, 15) is 9.59 Å². The van der Waals surface area contributed by atoms with Gasteiger partial charge in [-0.1, -0.05) is 36.4 Å². The maximum absolute atomic E-state index is 12.2. The number of amides is 2. The molecule has 0 saturated carbocycles. The molecule has 0 aliphatic carbocycles. The summed E-state index contributed by atoms with van der Waals surface area (Å²) in [5, 5.41) is 8.25. The molecule has 5 heteroatoms. The second-order valence-corrected chi connectivity index (χ2v) is 6.05. The number of nitrogens with zero attached hydrogens (tertiary/aromatic N) is 1. The van der Waals surface area contributed by atoms with E-state index in [0.29, 0.717) is 5.69 Å². The summed E-state index contributed by atoms with van der Waals surface area (Å²) in [6.07, 6.45) is 0. The van der Waals surface area contributed by atoms with Gasteiger partial charge in [-0.25, -0.2) is 0 Å². The first-order valence-electron chi connectivity index (χ1n) is 8.40. The fourth-order valence-electron chi connectivity index (χ4n) is 2.71. The molecule has 26 heavy (non-hydrogen) atoms. The zero-order chi connectivity index (χ0) is 18.5. The molecule has 132 valence electrons. The first kappa shape index (κ1) is 17.5. The highest BCUT2D eigenvalue weighted by atomic mass is 16.2. The average molecular weight is 347 g/mol. The molecule has 3 aromatic carbocycles. The van der Waals surface area contributed by atoms with Gasteiger partial charge in [0, 0.05) is 36.4 Å². The third kappa shape index (κ3) is 4.00. The topological polar surface area (TPSA) is 61.4 Å². The molecule has 0 atom stereocenters. The molecular formula is C21H21N3O2. The van der Waals surface area contributed by atoms with Crippen LogP contribution in [0, 0.1) is 0 Å². The van der Waals surface area contributed by atoms with E-state index >= 15 is 0 Å². The number of nitrogens with one attached hydrogen (secondary N) is 2. The highest BCUT2D eigenvalue weighted by Gasteiger charge is 2.07. The minimum Gasteiger partial charge on any atom is -0.376 e. The maximum Gasteiger partial charge on any atom is 0.243 e. The summed E-state index contributed by atoms with van der Waals surface area (Å²) >= 11 is 0. The lowest BCUT2D eigenvalue weighted by atomic mass is 10.1. The van der Waals surface area contributed by atoms with E-state index in [1.54, 1.807) is 36.2 Å². The van der Waals surface area contributed by atoms with E-state index in [2.05, 4.69) is 10.6 Å². The van der Waals surface area contributed by atoms with E-state index in [0.717, 1.165) is 22.1 Å². The Kier molecular flexibility index (Phi) is 5.17. The molecular weight excluding hydrogens is 326 g/mol. The van der Waals surface area contributed by atoms with Crippen molar-refractivity contribution in [3.63, 3.8) is 0 Å². The van der Waals surface area contributed by atoms with E-state index in [4.69, 9.17) is 0 Å². The quantitative estimate of drug-likeness (QED) is 0.736. The van der Waals surface area contributed by atoms with Crippen molar-refractivity contribution >= 4 is 39.6 Å². The van der Waals surface area contributed by atoms with Gasteiger partial charge in [-0.3, -0.25) is 9.59 Å². The second-order valence-electron chi connectivity index (χ2n) is 6.05. The lowest BCUT2D eigenvalue weighted by molar-refractivity contribution is -0.116. The number of benzene rings is 3. The summed E-state index contributed by atoms with van der Waals surface area (Å²) < 4.78 is 0. The summed E-state index contributed by atoms with van der Waals surface area (Å²) in [4.78, 5) is 25.1. The summed E-state index contributed by atoms with van der Waals surface area (Å²) in [5.41, 5.74) is 2.40. The molecule has 0 saturated heterocycles. The summed E-state index contributed by atoms with van der Waals surface area (Å²) in [5.74, 6) is -0.174. The lowest BCUT2D eigenvalue weighted by Crippen LogP contribution is -2.23. The second kappa shape index (κ2) is 7.70. The summed E-state index contributed by atoms with van der Waals surface area (Å²) in [6.45, 7) is 1.68. The maximum atomic E-state index is 12.2. The molecule has 0 aliphatic heterocycles. The molecule has 3 rings (SSSR count). The molecule has 0 aromatic heterocycles. The fraction of sp³-hybridized carbons (Fsp3) is 0.143. The summed E-state index contributed by atoms with van der Waals surface area (Å²) in [6, 6.07) is 21.2. The Morgan fingerprint density at radius 2 is 1.62 bits per heavy atom. The minimum atomic E-state index is -0.134. The number of hydrogen-bond acceptors (Lipinski definition) is 3. The summed E-state index contributed by atoms with van der Waals surface area (Å²) in [7, 11) is 1.71. The smallest absolute Gasteiger partial charge is 0.243 e. The Balaban J connectivity index is 1.61. The fourth-order valence-corrected chi connectivity index (χ4v) is 2.71. The van der Waals surface area contributed by atoms with Crippen LogP contribution in [0.3, 0.4) is 0 Å². The van der Waals surface area contributed by atoms with Gasteiger partial charge in [0.25, 0.3) is 0 Å². The average Bonchev–Trinajstić information content (AvgIpc) is 2.66. The van der Waals surface area contributed by atoms with Gasteiger partial charge in [-0.05, 0) is 35.7 Å². The number of anilines is 3. The van der Waals surface area contributed by atoms with Gasteiger partial charge in [0.05, 0.1) is 6.54 Å². The Bertz CT molecular complexity index is 930. The Morgan fingerprint density at radius 3 is 2.35 bits per heavy atom. The largest absolute Gasteiger partial charge is 0.376 e. The first-order valence-corrected chi connectivity index (χ1v) is 8.40. The SMILES string of the molecule is CC(=O)N(C)c1ccc(NC(=O)CNc2cccc3ccccc23)cc1. The third-order valence-corrected chi connectivity index (χ3v) is 4.24. The molecule has 3 aromatic rings. The Labute approximate surface area is 152 Å². The van der Waals surface area contributed by atoms with Gasteiger partial charge in [0.15, 0.2) is 0 Å². The van der Waals surface area contributed by atoms with Crippen LogP contribution in [0.2, 0.25) is 0 Å². The first-order chi connectivity index (χ1) is 12.5. The molecule has 2 amide bonds. The number of carbonyl (C=O) groups excluding carboxylic acids is 2. The van der Waals surface area contributed by atoms with Crippen LogP contribution in [-0.4, -0.2) is 25.4 Å². The van der Waals surface area contributed by atoms with Crippen molar-refractivity contribution in [2.24, 2.45) is 0 Å². The number of fused-ring (bicyclic) bond motifs is 1. The molecule has 0 bridgehead atoms. The van der Waals surface area contributed by atoms with Gasteiger partial charge < -0.3 is 15.5 Å². The van der Waals surface area contributed by atoms with Crippen molar-refractivity contribution in [2.75, 3.05) is 29.1 Å². The van der Waals surface area contributed by atoms with Gasteiger partial charge in [0.1, 0.15) is 0 Å². The highest BCUT2D eigenvalue weighted by Crippen LogP contribution is 2.22. The van der Waals surface area contributed by atoms with Crippen LogP contribution in [0.1, 0.15) is 6.92 Å². The molecule has 0 aliphatic rings. The van der Waals surface area contributed by atoms with Crippen molar-refractivity contribution in [1.29, 1.82) is 0 Å². The van der Waals surface area contributed by atoms with Gasteiger partial charge in [-0.15, -0.1) is 0 Å². The number of hydrogen-bond donors (Lipinski definition) is 2. The predicted octanol–water partition coefficient (Wildman–Crippen LogP) is 3.87. The highest BCUT2D eigenvalue weighted by molar-refractivity contribution is 5.98. The Hall–Kier alpha value is -3.34. The predicted molar refractivity (Wildman–Crippen MR) is 107 cm³/mol. The van der Waals surface area contributed by atoms with E-state index in [-0.39, 0.29) is 18.4 Å². The molecule has 0 heterocycles. The molecule has 0 fully saturated rings. The van der Waals surface area contributed by atoms with Crippen molar-refractivity contribution in [3.8, 4) is 0 Å². The van der Waals surface area contributed by atoms with E-state index < -0.39 is 0 Å². The van der Waals surface area contributed by atoms with Crippen LogP contribution in [0.5, 0.6) is 0 Å². The van der Waals surface area contributed by atoms with Crippen LogP contribution in [0.4, 0.5) is 17.1 Å². The van der Waals surface area contributed by atoms with E-state index in [1.165, 1.54) is 6.92 Å². The van der Waals surface area contributed by atoms with Gasteiger partial charge >= 0.3 is 0 Å². The van der Waals surface area contributed by atoms with Crippen molar-refractivity contribution < 1.29 is 9.59 Å². The lowest BCUT2D eigenvalue weighted by Gasteiger charge is -2.15. The van der Waals surface area contributed by atoms with Gasteiger partial charge in [0.2, 0.25) is 11.8 Å². The van der Waals surface area contributed by atoms with Crippen LogP contribution < -0.4 is 15.5 Å². The van der Waals surface area contributed by atoms with E-state index in [1.807, 2.05) is 42.5 Å². The monoisotopic (exact) mass is 347 g/mol. The van der Waals surface area contributed by atoms with Crippen molar-refractivity contribution in [2.45, 2.75) is 6.92 Å². The molecule has 0 spiro atoms. The molecule has 5 nitrogen and oxygen atoms in total. The van der Waals surface area contributed by atoms with Crippen molar-refractivity contribution in [3.05, 3.63) is 66.7 Å². The number of carbonyl (C=O) groups is 2. The van der Waals surface area contributed by atoms with Crippen LogP contribution in [-0.2, 0) is 9.59 Å². The zero-order valence-corrected chi connectivity index (χ0v) is 14.8. The number of rotatable bonds is 5. The minimum absolute atomic E-state index is 0.0407. The zero-order valence-electron chi connectivity index (χ0n) is 14.8. The molecule has 2 N–H and O–H groups in total. The van der Waals surface area contributed by atoms with Crippen LogP contribution in [0.25, 0.3) is 10.8 Å². The van der Waals surface area contributed by atoms with Gasteiger partial charge in [-0.2, -0.15) is 0 Å². The van der Waals surface area contributed by atoms with Crippen molar-refractivity contribution in [1.82, 2.24) is 0 Å². The molecule has 0 radical (unpaired) electrons.